The van der Waals surface area contributed by atoms with E-state index in [0.717, 1.165) is 31.2 Å². The van der Waals surface area contributed by atoms with E-state index in [1.165, 1.54) is 11.3 Å². The second kappa shape index (κ2) is 11.3. The molecule has 2 aromatic rings. The number of carbonyl (C=O) groups is 2. The molecule has 3 atom stereocenters. The molecule has 1 aliphatic heterocycles. The number of benzodiazepines with no additional fused rings is 1. The van der Waals surface area contributed by atoms with Crippen molar-refractivity contribution < 1.29 is 19.4 Å². The number of aliphatic hydroxyl groups is 1. The minimum Gasteiger partial charge on any atom is -0.390 e. The Kier molecular flexibility index (Phi) is 8.21. The van der Waals surface area contributed by atoms with Crippen LogP contribution in [0.1, 0.15) is 50.2 Å². The number of halogens is 1. The molecule has 8 heteroatoms. The first-order chi connectivity index (χ1) is 16.8. The molecule has 4 rings (SSSR count). The minimum atomic E-state index is -1.15. The first-order valence-corrected chi connectivity index (χ1v) is 12.5. The molecule has 1 heterocycles. The number of hydrogen-bond acceptors (Lipinski definition) is 5. The normalized spacial score (nSPS) is 20.5. The number of likely N-dealkylation sites (N-methyl/N-ethyl adjacent to an activating group) is 1. The lowest BCUT2D eigenvalue weighted by Crippen LogP contribution is -2.49. The van der Waals surface area contributed by atoms with Gasteiger partial charge in [0.15, 0.2) is 0 Å². The molecule has 35 heavy (non-hydrogen) atoms. The monoisotopic (exact) mass is 497 g/mol. The zero-order valence-corrected chi connectivity index (χ0v) is 20.9. The number of benzene rings is 2. The largest absolute Gasteiger partial charge is 0.390 e. The van der Waals surface area contributed by atoms with Crippen LogP contribution in [0.3, 0.4) is 0 Å². The van der Waals surface area contributed by atoms with Crippen molar-refractivity contribution in [1.82, 2.24) is 5.32 Å². The topological polar surface area (TPSA) is 91.2 Å². The summed E-state index contributed by atoms with van der Waals surface area (Å²) in [5, 5.41) is 13.9. The number of fused-ring (bicyclic) bond motifs is 1. The number of aliphatic hydroxyl groups excluding tert-OH is 1. The van der Waals surface area contributed by atoms with Crippen molar-refractivity contribution >= 4 is 34.8 Å². The first kappa shape index (κ1) is 25.4. The number of rotatable bonds is 7. The maximum atomic E-state index is 13.3. The maximum absolute atomic E-state index is 13.3. The van der Waals surface area contributed by atoms with Gasteiger partial charge >= 0.3 is 0 Å². The van der Waals surface area contributed by atoms with Crippen LogP contribution in [0.15, 0.2) is 53.5 Å². The molecule has 7 nitrogen and oxygen atoms in total. The summed E-state index contributed by atoms with van der Waals surface area (Å²) in [4.78, 5) is 32.5. The fourth-order valence-electron chi connectivity index (χ4n) is 4.52. The zero-order chi connectivity index (χ0) is 24.9. The molecule has 186 valence electrons. The van der Waals surface area contributed by atoms with Crippen molar-refractivity contribution in [2.45, 2.75) is 57.4 Å². The Bertz CT molecular complexity index is 1090. The van der Waals surface area contributed by atoms with Crippen molar-refractivity contribution in [3.63, 3.8) is 0 Å². The highest BCUT2D eigenvalue weighted by molar-refractivity contribution is 6.32. The second-order valence-electron chi connectivity index (χ2n) is 9.26. The van der Waals surface area contributed by atoms with Gasteiger partial charge in [-0.15, -0.1) is 0 Å². The summed E-state index contributed by atoms with van der Waals surface area (Å²) in [6.45, 7) is 1.71. The molecule has 0 saturated heterocycles. The van der Waals surface area contributed by atoms with Gasteiger partial charge in [-0.1, -0.05) is 68.1 Å². The summed E-state index contributed by atoms with van der Waals surface area (Å²) in [6.07, 6.45) is 3.44. The third-order valence-corrected chi connectivity index (χ3v) is 7.00. The molecule has 2 amide bonds. The number of ether oxygens (including phenoxy) is 1. The van der Waals surface area contributed by atoms with E-state index in [1.807, 2.05) is 30.3 Å². The van der Waals surface area contributed by atoms with Crippen molar-refractivity contribution in [3.8, 4) is 0 Å². The lowest BCUT2D eigenvalue weighted by molar-refractivity contribution is -0.134. The number of amides is 2. The van der Waals surface area contributed by atoms with Gasteiger partial charge in [-0.05, 0) is 31.0 Å². The number of nitrogens with one attached hydrogen (secondary N) is 1. The molecule has 1 fully saturated rings. The van der Waals surface area contributed by atoms with Gasteiger partial charge in [0.25, 0.3) is 5.91 Å². The van der Waals surface area contributed by atoms with Crippen LogP contribution in [0.2, 0.25) is 5.02 Å². The number of anilines is 1. The molecule has 1 unspecified atom stereocenters. The first-order valence-electron chi connectivity index (χ1n) is 12.2. The predicted octanol–water partition coefficient (Wildman–Crippen LogP) is 3.94. The summed E-state index contributed by atoms with van der Waals surface area (Å²) in [5.41, 5.74) is 2.70. The van der Waals surface area contributed by atoms with E-state index < -0.39 is 24.1 Å². The third-order valence-electron chi connectivity index (χ3n) is 6.77. The average molecular weight is 498 g/mol. The molecule has 0 bridgehead atoms. The molecule has 2 aliphatic rings. The van der Waals surface area contributed by atoms with Crippen LogP contribution < -0.4 is 10.2 Å². The Morgan fingerprint density at radius 3 is 2.63 bits per heavy atom. The lowest BCUT2D eigenvalue weighted by atomic mass is 9.97. The second-order valence-corrected chi connectivity index (χ2v) is 9.70. The molecular weight excluding hydrogens is 466 g/mol. The molecule has 2 aromatic carbocycles. The van der Waals surface area contributed by atoms with E-state index >= 15 is 0 Å². The maximum Gasteiger partial charge on any atom is 0.272 e. The number of aliphatic imine (C=N–C) groups is 1. The Morgan fingerprint density at radius 1 is 1.20 bits per heavy atom. The summed E-state index contributed by atoms with van der Waals surface area (Å²) in [6, 6.07) is 14.7. The number of nitrogens with zero attached hydrogens (tertiary/aromatic N) is 2. The highest BCUT2D eigenvalue weighted by Crippen LogP contribution is 2.30. The summed E-state index contributed by atoms with van der Waals surface area (Å²) >= 11 is 6.28. The van der Waals surface area contributed by atoms with E-state index in [9.17, 15) is 14.7 Å². The third kappa shape index (κ3) is 5.92. The number of hydrogen-bond donors (Lipinski definition) is 2. The quantitative estimate of drug-likeness (QED) is 0.606. The van der Waals surface area contributed by atoms with Crippen LogP contribution in [-0.4, -0.2) is 54.7 Å². The molecule has 1 saturated carbocycles. The Morgan fingerprint density at radius 2 is 1.91 bits per heavy atom. The van der Waals surface area contributed by atoms with E-state index in [1.54, 1.807) is 32.2 Å². The van der Waals surface area contributed by atoms with Gasteiger partial charge in [0.2, 0.25) is 12.1 Å². The average Bonchev–Trinajstić information content (AvgIpc) is 2.98. The lowest BCUT2D eigenvalue weighted by Gasteiger charge is -2.26. The van der Waals surface area contributed by atoms with Crippen molar-refractivity contribution in [2.75, 3.05) is 18.6 Å². The Balaban J connectivity index is 1.54. The van der Waals surface area contributed by atoms with E-state index in [4.69, 9.17) is 16.3 Å². The van der Waals surface area contributed by atoms with Gasteiger partial charge in [-0.25, -0.2) is 4.99 Å². The molecule has 1 aliphatic carbocycles. The van der Waals surface area contributed by atoms with E-state index in [2.05, 4.69) is 10.3 Å². The fourth-order valence-corrected chi connectivity index (χ4v) is 4.69. The van der Waals surface area contributed by atoms with Crippen LogP contribution in [0.25, 0.3) is 0 Å². The minimum absolute atomic E-state index is 0.0836. The zero-order valence-electron chi connectivity index (χ0n) is 20.1. The van der Waals surface area contributed by atoms with Gasteiger partial charge in [0.1, 0.15) is 0 Å². The Labute approximate surface area is 211 Å². The fraction of sp³-hybridized carbons (Fsp3) is 0.444. The summed E-state index contributed by atoms with van der Waals surface area (Å²) in [5.74, 6) is -1.61. The standard InChI is InChI=1S/C27H32ClN3O4/c1-17(23(32)16-35-20-11-7-4-8-12-20)26(33)30-25-27(34)31(2)22-14-13-19(28)15-21(22)24(29-25)18-9-5-3-6-10-18/h3,5-6,9-10,13-15,17,20,23,25,32H,4,7-8,11-12,16H2,1-2H3,(H,30,33)/t17-,23-,25?/m1/s1. The van der Waals surface area contributed by atoms with Gasteiger partial charge < -0.3 is 20.1 Å². The highest BCUT2D eigenvalue weighted by atomic mass is 35.5. The van der Waals surface area contributed by atoms with Gasteiger partial charge in [0, 0.05) is 23.2 Å². The van der Waals surface area contributed by atoms with Crippen LogP contribution in [0.5, 0.6) is 0 Å². The molecule has 0 aromatic heterocycles. The molecule has 0 spiro atoms. The number of carbonyl (C=O) groups excluding carboxylic acids is 2. The van der Waals surface area contributed by atoms with E-state index in [-0.39, 0.29) is 18.6 Å². The summed E-state index contributed by atoms with van der Waals surface area (Å²) < 4.78 is 5.85. The van der Waals surface area contributed by atoms with Crippen molar-refractivity contribution in [2.24, 2.45) is 10.9 Å². The van der Waals surface area contributed by atoms with Crippen molar-refractivity contribution in [3.05, 3.63) is 64.7 Å². The van der Waals surface area contributed by atoms with Gasteiger partial charge in [-0.3, -0.25) is 9.59 Å². The van der Waals surface area contributed by atoms with Crippen LogP contribution in [-0.2, 0) is 14.3 Å². The highest BCUT2D eigenvalue weighted by Gasteiger charge is 2.33. The van der Waals surface area contributed by atoms with Crippen molar-refractivity contribution in [1.29, 1.82) is 0 Å². The van der Waals surface area contributed by atoms with Crippen LogP contribution >= 0.6 is 11.6 Å². The van der Waals surface area contributed by atoms with Gasteiger partial charge in [-0.2, -0.15) is 0 Å². The predicted molar refractivity (Wildman–Crippen MR) is 137 cm³/mol. The van der Waals surface area contributed by atoms with E-state index in [0.29, 0.717) is 22.0 Å². The smallest absolute Gasteiger partial charge is 0.272 e. The van der Waals surface area contributed by atoms with Crippen LogP contribution in [0.4, 0.5) is 5.69 Å². The SMILES string of the molecule is C[C@@H](C(=O)NC1N=C(c2ccccc2)c2cc(Cl)ccc2N(C)C1=O)[C@H](O)COC1CCCCC1. The van der Waals surface area contributed by atoms with Crippen LogP contribution in [0, 0.1) is 5.92 Å². The summed E-state index contributed by atoms with van der Waals surface area (Å²) in [7, 11) is 1.65. The van der Waals surface area contributed by atoms with Gasteiger partial charge in [0.05, 0.1) is 36.1 Å². The molecular formula is C27H32ClN3O4. The Hall–Kier alpha value is -2.74. The molecule has 0 radical (unpaired) electrons. The molecule has 2 N–H and O–H groups in total.